The number of carbonyl (C=O) groups is 4. The maximum atomic E-state index is 14.6. The Bertz CT molecular complexity index is 1490. The van der Waals surface area contributed by atoms with Gasteiger partial charge in [0.05, 0.1) is 12.7 Å². The van der Waals surface area contributed by atoms with Gasteiger partial charge in [-0.25, -0.2) is 0 Å². The van der Waals surface area contributed by atoms with Gasteiger partial charge in [0, 0.05) is 43.4 Å². The zero-order valence-corrected chi connectivity index (χ0v) is 30.3. The van der Waals surface area contributed by atoms with Crippen LogP contribution in [-0.4, -0.2) is 109 Å². The molecule has 1 saturated heterocycles. The van der Waals surface area contributed by atoms with Crippen molar-refractivity contribution in [2.75, 3.05) is 6.61 Å². The first-order valence-electron chi connectivity index (χ1n) is 17.6. The van der Waals surface area contributed by atoms with Crippen molar-refractivity contribution in [3.05, 3.63) is 23.0 Å². The molecule has 0 amide bonds. The second kappa shape index (κ2) is 12.9. The fraction of sp³-hybridized carbons (Fsp3) is 0.784. The average Bonchev–Trinajstić information content (AvgIpc) is 3.22. The minimum atomic E-state index is -1.99. The maximum Gasteiger partial charge on any atom is 0.303 e. The van der Waals surface area contributed by atoms with E-state index in [1.165, 1.54) is 13.8 Å². The molecule has 0 spiro atoms. The lowest BCUT2D eigenvalue weighted by Gasteiger charge is -2.63. The molecule has 50 heavy (non-hydrogen) atoms. The summed E-state index contributed by atoms with van der Waals surface area (Å²) in [5.41, 5.74) is -4.49. The number of Topliss-reactive ketones (excluding diaryl/α,β-unsaturated/α-hetero) is 3. The zero-order chi connectivity index (χ0) is 37.5. The second-order valence-corrected chi connectivity index (χ2v) is 16.8. The zero-order valence-electron chi connectivity index (χ0n) is 30.3. The van der Waals surface area contributed by atoms with Crippen molar-refractivity contribution >= 4 is 23.3 Å². The molecule has 0 bridgehead atoms. The number of fused-ring (bicyclic) bond motifs is 5. The van der Waals surface area contributed by atoms with Gasteiger partial charge in [0.25, 0.3) is 0 Å². The molecule has 2 unspecified atom stereocenters. The predicted molar refractivity (Wildman–Crippen MR) is 176 cm³/mol. The Hall–Kier alpha value is -2.52. The highest BCUT2D eigenvalue weighted by Gasteiger charge is 2.74. The van der Waals surface area contributed by atoms with Crippen LogP contribution >= 0.6 is 0 Å². The Morgan fingerprint density at radius 2 is 1.66 bits per heavy atom. The fourth-order valence-corrected chi connectivity index (χ4v) is 10.5. The number of hydrogen-bond donors (Lipinski definition) is 6. The number of carbonyl (C=O) groups excluding carboxylic acids is 4. The summed E-state index contributed by atoms with van der Waals surface area (Å²) in [6.45, 7) is 12.8. The maximum absolute atomic E-state index is 14.6. The molecule has 2 saturated carbocycles. The molecule has 13 atom stereocenters. The van der Waals surface area contributed by atoms with Gasteiger partial charge in [-0.1, -0.05) is 26.8 Å². The van der Waals surface area contributed by atoms with Gasteiger partial charge in [-0.05, 0) is 74.9 Å². The van der Waals surface area contributed by atoms with Crippen LogP contribution < -0.4 is 0 Å². The number of allylic oxidation sites excluding steroid dienone is 4. The molecule has 3 fully saturated rings. The Labute approximate surface area is 292 Å². The van der Waals surface area contributed by atoms with E-state index >= 15 is 0 Å². The van der Waals surface area contributed by atoms with Crippen molar-refractivity contribution in [1.29, 1.82) is 0 Å². The molecule has 5 aliphatic rings. The number of aliphatic hydroxyl groups excluding tert-OH is 5. The first-order chi connectivity index (χ1) is 23.0. The number of esters is 1. The Balaban J connectivity index is 1.45. The van der Waals surface area contributed by atoms with Gasteiger partial charge in [0.15, 0.2) is 17.3 Å². The highest BCUT2D eigenvalue weighted by Crippen LogP contribution is 2.73. The summed E-state index contributed by atoms with van der Waals surface area (Å²) >= 11 is 0. The van der Waals surface area contributed by atoms with E-state index in [4.69, 9.17) is 14.2 Å². The van der Waals surface area contributed by atoms with Crippen LogP contribution in [0.25, 0.3) is 0 Å². The quantitative estimate of drug-likeness (QED) is 0.187. The Morgan fingerprint density at radius 1 is 1.02 bits per heavy atom. The van der Waals surface area contributed by atoms with Gasteiger partial charge < -0.3 is 44.8 Å². The summed E-state index contributed by atoms with van der Waals surface area (Å²) in [5.74, 6) is -3.51. The summed E-state index contributed by atoms with van der Waals surface area (Å²) in [4.78, 5) is 53.6. The van der Waals surface area contributed by atoms with Crippen LogP contribution in [0, 0.1) is 34.0 Å². The molecule has 5 rings (SSSR count). The molecular formula is C37H54O13. The van der Waals surface area contributed by atoms with E-state index in [-0.39, 0.29) is 49.6 Å². The average molecular weight is 707 g/mol. The van der Waals surface area contributed by atoms with Crippen molar-refractivity contribution in [3.8, 4) is 0 Å². The van der Waals surface area contributed by atoms with Crippen LogP contribution in [0.15, 0.2) is 23.0 Å². The number of ketones is 3. The van der Waals surface area contributed by atoms with Crippen LogP contribution in [-0.2, 0) is 33.4 Å². The van der Waals surface area contributed by atoms with Crippen molar-refractivity contribution in [3.63, 3.8) is 0 Å². The van der Waals surface area contributed by atoms with E-state index in [9.17, 15) is 49.8 Å². The lowest BCUT2D eigenvalue weighted by Crippen LogP contribution is -2.64. The SMILES string of the molecule is CC(=O)OC(C)(C)CCC(=O)[C@](C)(O)C1[C@H](O)C[C@@]2(C)[C@@H]3CC=C4C(C)=C(OC5O[C@H](CO)[C@@H](O)[C@H](O)[C@H]5O)C(=O)C[C@H]4[C@]3(C)C(=O)C[C@]12C. The first kappa shape index (κ1) is 38.7. The molecule has 0 aromatic heterocycles. The van der Waals surface area contributed by atoms with E-state index in [1.54, 1.807) is 20.8 Å². The number of rotatable bonds is 9. The third-order valence-corrected chi connectivity index (χ3v) is 13.3. The topological polar surface area (TPSA) is 217 Å². The molecule has 13 nitrogen and oxygen atoms in total. The number of ether oxygens (including phenoxy) is 3. The molecular weight excluding hydrogens is 652 g/mol. The van der Waals surface area contributed by atoms with Crippen LogP contribution in [0.4, 0.5) is 0 Å². The smallest absolute Gasteiger partial charge is 0.303 e. The van der Waals surface area contributed by atoms with Gasteiger partial charge in [-0.3, -0.25) is 19.2 Å². The minimum absolute atomic E-state index is 0.0322. The van der Waals surface area contributed by atoms with Gasteiger partial charge in [-0.15, -0.1) is 0 Å². The summed E-state index contributed by atoms with van der Waals surface area (Å²) in [6.07, 6.45) is -6.29. The number of aliphatic hydroxyl groups is 6. The van der Waals surface area contributed by atoms with Gasteiger partial charge in [-0.2, -0.15) is 0 Å². The molecule has 0 radical (unpaired) electrons. The highest BCUT2D eigenvalue weighted by molar-refractivity contribution is 5.99. The van der Waals surface area contributed by atoms with Gasteiger partial charge in [0.2, 0.25) is 6.29 Å². The summed E-state index contributed by atoms with van der Waals surface area (Å²) < 4.78 is 16.7. The van der Waals surface area contributed by atoms with Crippen molar-refractivity contribution in [2.45, 2.75) is 142 Å². The minimum Gasteiger partial charge on any atom is -0.460 e. The van der Waals surface area contributed by atoms with Crippen molar-refractivity contribution < 1.29 is 64.0 Å². The van der Waals surface area contributed by atoms with Crippen LogP contribution in [0.1, 0.15) is 93.9 Å². The standard InChI is InChI=1S/C37H54O13/c1-17-19-9-10-24-34(5)14-22(41)31(37(8,47)25(42)11-12-33(3,4)50-18(2)39)35(34,6)15-26(43)36(24,7)20(19)13-21(40)30(17)49-32-29(46)28(45)27(44)23(16-38)48-32/h9,20,22-24,27-29,31-32,38,41,44-47H,10-16H2,1-8H3/t20-,22-,23-,24+,27-,28+,29-,31?,32?,34+,35-,36+,37+/m1/s1. The molecule has 280 valence electrons. The summed E-state index contributed by atoms with van der Waals surface area (Å²) in [6, 6.07) is 0. The van der Waals surface area contributed by atoms with E-state index in [2.05, 4.69) is 0 Å². The van der Waals surface area contributed by atoms with Crippen molar-refractivity contribution in [2.24, 2.45) is 34.0 Å². The van der Waals surface area contributed by atoms with E-state index < -0.39 is 100 Å². The normalized spacial score (nSPS) is 42.9. The third kappa shape index (κ3) is 5.81. The van der Waals surface area contributed by atoms with Crippen LogP contribution in [0.3, 0.4) is 0 Å². The van der Waals surface area contributed by atoms with Crippen molar-refractivity contribution in [1.82, 2.24) is 0 Å². The summed E-state index contributed by atoms with van der Waals surface area (Å²) in [5, 5.41) is 64.1. The lowest BCUT2D eigenvalue weighted by molar-refractivity contribution is -0.291. The van der Waals surface area contributed by atoms with E-state index in [1.807, 2.05) is 26.8 Å². The molecule has 1 heterocycles. The number of hydrogen-bond acceptors (Lipinski definition) is 13. The van der Waals surface area contributed by atoms with E-state index in [0.717, 1.165) is 5.57 Å². The predicted octanol–water partition coefficient (Wildman–Crippen LogP) is 1.43. The lowest BCUT2D eigenvalue weighted by atomic mass is 9.39. The van der Waals surface area contributed by atoms with Gasteiger partial charge >= 0.3 is 5.97 Å². The molecule has 6 N–H and O–H groups in total. The molecule has 0 aromatic rings. The van der Waals surface area contributed by atoms with E-state index in [0.29, 0.717) is 12.0 Å². The molecule has 0 aromatic carbocycles. The third-order valence-electron chi connectivity index (χ3n) is 13.3. The van der Waals surface area contributed by atoms with Crippen LogP contribution in [0.2, 0.25) is 0 Å². The fourth-order valence-electron chi connectivity index (χ4n) is 10.5. The highest BCUT2D eigenvalue weighted by atomic mass is 16.7. The molecule has 4 aliphatic carbocycles. The Morgan fingerprint density at radius 3 is 2.26 bits per heavy atom. The summed E-state index contributed by atoms with van der Waals surface area (Å²) in [7, 11) is 0. The largest absolute Gasteiger partial charge is 0.460 e. The monoisotopic (exact) mass is 706 g/mol. The van der Waals surface area contributed by atoms with Crippen LogP contribution in [0.5, 0.6) is 0 Å². The molecule has 13 heteroatoms. The first-order valence-corrected chi connectivity index (χ1v) is 17.6. The second-order valence-electron chi connectivity index (χ2n) is 16.8. The van der Waals surface area contributed by atoms with Gasteiger partial charge in [0.1, 0.15) is 41.4 Å². The molecule has 1 aliphatic heterocycles. The Kier molecular flexibility index (Phi) is 9.95.